The monoisotopic (exact) mass is 328 g/mol. The number of carbonyl (C=O) groups excluding carboxylic acids is 1. The maximum absolute atomic E-state index is 12.0. The summed E-state index contributed by atoms with van der Waals surface area (Å²) >= 11 is 1.19. The molecule has 1 aliphatic carbocycles. The summed E-state index contributed by atoms with van der Waals surface area (Å²) in [4.78, 5) is 12.7. The molecule has 1 aliphatic rings. The van der Waals surface area contributed by atoms with E-state index in [2.05, 4.69) is 17.5 Å². The Hall–Kier alpha value is -1.18. The molecule has 7 heteroatoms. The molecule has 1 amide bonds. The van der Waals surface area contributed by atoms with Gasteiger partial charge in [0.2, 0.25) is 5.91 Å². The first-order valence-electron chi connectivity index (χ1n) is 6.84. The second-order valence-electron chi connectivity index (χ2n) is 5.25. The zero-order valence-corrected chi connectivity index (χ0v) is 13.8. The van der Waals surface area contributed by atoms with Gasteiger partial charge in [0.1, 0.15) is 4.21 Å². The minimum Gasteiger partial charge on any atom is -0.351 e. The molecule has 21 heavy (non-hydrogen) atoms. The maximum Gasteiger partial charge on any atom is 0.252 e. The Kier molecular flexibility index (Phi) is 5.18. The Labute approximate surface area is 129 Å². The topological polar surface area (TPSA) is 66.5 Å². The van der Waals surface area contributed by atoms with Crippen LogP contribution in [0, 0.1) is 5.92 Å². The molecular formula is C14H20N2O3S2. The number of carbonyl (C=O) groups is 1. The third kappa shape index (κ3) is 4.15. The molecule has 0 spiro atoms. The van der Waals surface area contributed by atoms with Crippen molar-refractivity contribution < 1.29 is 13.2 Å². The SMILES string of the molecule is CN(C)S(=O)(=O)c1ccc(CNC(=O)C[C@@H]2C=CCC2)s1. The standard InChI is InChI=1S/C14H20N2O3S2/c1-16(2)21(18,19)14-8-7-12(20-14)10-15-13(17)9-11-5-3-4-6-11/h3,5,7-8,11H,4,6,9-10H2,1-2H3,(H,15,17)/t11-/m1/s1. The summed E-state index contributed by atoms with van der Waals surface area (Å²) < 4.78 is 25.4. The van der Waals surface area contributed by atoms with Gasteiger partial charge in [0.05, 0.1) is 6.54 Å². The summed E-state index contributed by atoms with van der Waals surface area (Å²) in [6.45, 7) is 0.378. The van der Waals surface area contributed by atoms with Crippen molar-refractivity contribution in [1.82, 2.24) is 9.62 Å². The van der Waals surface area contributed by atoms with Crippen LogP contribution < -0.4 is 5.32 Å². The number of hydrogen-bond donors (Lipinski definition) is 1. The van der Waals surface area contributed by atoms with Crippen LogP contribution in [0.2, 0.25) is 0 Å². The zero-order chi connectivity index (χ0) is 15.5. The van der Waals surface area contributed by atoms with Gasteiger partial charge in [-0.3, -0.25) is 4.79 Å². The van der Waals surface area contributed by atoms with Crippen LogP contribution in [0.4, 0.5) is 0 Å². The number of rotatable bonds is 6. The van der Waals surface area contributed by atoms with Crippen molar-refractivity contribution in [3.63, 3.8) is 0 Å². The quantitative estimate of drug-likeness (QED) is 0.812. The molecule has 0 fully saturated rings. The normalized spacial score (nSPS) is 18.3. The molecule has 5 nitrogen and oxygen atoms in total. The van der Waals surface area contributed by atoms with Crippen LogP contribution in [0.5, 0.6) is 0 Å². The van der Waals surface area contributed by atoms with Crippen molar-refractivity contribution in [2.45, 2.75) is 30.0 Å². The first kappa shape index (κ1) is 16.2. The highest BCUT2D eigenvalue weighted by Crippen LogP contribution is 2.24. The van der Waals surface area contributed by atoms with E-state index in [1.54, 1.807) is 12.1 Å². The van der Waals surface area contributed by atoms with E-state index in [0.29, 0.717) is 23.1 Å². The molecule has 1 heterocycles. The number of nitrogens with zero attached hydrogens (tertiary/aromatic N) is 1. The van der Waals surface area contributed by atoms with Gasteiger partial charge in [-0.15, -0.1) is 11.3 Å². The largest absolute Gasteiger partial charge is 0.351 e. The fourth-order valence-corrected chi connectivity index (χ4v) is 4.60. The Morgan fingerprint density at radius 1 is 1.43 bits per heavy atom. The predicted molar refractivity (Wildman–Crippen MR) is 83.5 cm³/mol. The first-order chi connectivity index (χ1) is 9.89. The summed E-state index contributed by atoms with van der Waals surface area (Å²) in [6.07, 6.45) is 6.79. The van der Waals surface area contributed by atoms with Crippen molar-refractivity contribution >= 4 is 27.3 Å². The highest BCUT2D eigenvalue weighted by atomic mass is 32.2. The highest BCUT2D eigenvalue weighted by Gasteiger charge is 2.20. The molecule has 0 bridgehead atoms. The van der Waals surface area contributed by atoms with E-state index in [9.17, 15) is 13.2 Å². The molecule has 1 atom stereocenters. The van der Waals surface area contributed by atoms with Crippen LogP contribution in [0.3, 0.4) is 0 Å². The van der Waals surface area contributed by atoms with E-state index >= 15 is 0 Å². The number of nitrogens with one attached hydrogen (secondary N) is 1. The molecule has 1 aromatic rings. The van der Waals surface area contributed by atoms with E-state index in [4.69, 9.17) is 0 Å². The Morgan fingerprint density at radius 2 is 2.19 bits per heavy atom. The summed E-state index contributed by atoms with van der Waals surface area (Å²) in [7, 11) is -0.372. The van der Waals surface area contributed by atoms with Gasteiger partial charge in [-0.05, 0) is 30.9 Å². The van der Waals surface area contributed by atoms with Crippen LogP contribution in [0.1, 0.15) is 24.1 Å². The molecule has 1 aromatic heterocycles. The predicted octanol–water partition coefficient (Wildman–Crippen LogP) is 1.97. The van der Waals surface area contributed by atoms with Crippen LogP contribution in [0.15, 0.2) is 28.5 Å². The zero-order valence-electron chi connectivity index (χ0n) is 12.2. The summed E-state index contributed by atoms with van der Waals surface area (Å²) in [6, 6.07) is 3.33. The van der Waals surface area contributed by atoms with E-state index in [-0.39, 0.29) is 5.91 Å². The van der Waals surface area contributed by atoms with Crippen molar-refractivity contribution in [3.05, 3.63) is 29.2 Å². The Balaban J connectivity index is 1.88. The van der Waals surface area contributed by atoms with Gasteiger partial charge in [0.25, 0.3) is 10.0 Å². The van der Waals surface area contributed by atoms with Crippen LogP contribution in [-0.4, -0.2) is 32.7 Å². The van der Waals surface area contributed by atoms with Crippen LogP contribution in [0.25, 0.3) is 0 Å². The number of allylic oxidation sites excluding steroid dienone is 2. The Morgan fingerprint density at radius 3 is 2.81 bits per heavy atom. The number of hydrogen-bond acceptors (Lipinski definition) is 4. The lowest BCUT2D eigenvalue weighted by atomic mass is 10.1. The minimum atomic E-state index is -3.38. The molecule has 116 valence electrons. The minimum absolute atomic E-state index is 0.0111. The third-order valence-corrected chi connectivity index (χ3v) is 6.76. The van der Waals surface area contributed by atoms with Gasteiger partial charge < -0.3 is 5.32 Å². The van der Waals surface area contributed by atoms with Gasteiger partial charge >= 0.3 is 0 Å². The Bertz CT molecular complexity index is 632. The molecule has 0 aromatic carbocycles. The van der Waals surface area contributed by atoms with Gasteiger partial charge in [-0.1, -0.05) is 12.2 Å². The second kappa shape index (κ2) is 6.72. The molecule has 0 unspecified atom stereocenters. The fraction of sp³-hybridized carbons (Fsp3) is 0.500. The third-order valence-electron chi connectivity index (χ3n) is 3.39. The fourth-order valence-electron chi connectivity index (χ4n) is 2.13. The average Bonchev–Trinajstić information content (AvgIpc) is 3.07. The molecule has 1 N–H and O–H groups in total. The molecule has 2 rings (SSSR count). The second-order valence-corrected chi connectivity index (χ2v) is 8.80. The van der Waals surface area contributed by atoms with Gasteiger partial charge in [-0.25, -0.2) is 12.7 Å². The molecule has 0 saturated heterocycles. The molecule has 0 saturated carbocycles. The van der Waals surface area contributed by atoms with Crippen molar-refractivity contribution in [2.75, 3.05) is 14.1 Å². The smallest absolute Gasteiger partial charge is 0.252 e. The number of thiophene rings is 1. The van der Waals surface area contributed by atoms with E-state index < -0.39 is 10.0 Å². The number of sulfonamides is 1. The molecular weight excluding hydrogens is 308 g/mol. The van der Waals surface area contributed by atoms with Gasteiger partial charge in [0.15, 0.2) is 0 Å². The number of amides is 1. The lowest BCUT2D eigenvalue weighted by molar-refractivity contribution is -0.121. The molecule has 0 aliphatic heterocycles. The van der Waals surface area contributed by atoms with E-state index in [0.717, 1.165) is 17.7 Å². The summed E-state index contributed by atoms with van der Waals surface area (Å²) in [5.41, 5.74) is 0. The van der Waals surface area contributed by atoms with E-state index in [1.165, 1.54) is 29.7 Å². The summed E-state index contributed by atoms with van der Waals surface area (Å²) in [5.74, 6) is 0.356. The van der Waals surface area contributed by atoms with Crippen molar-refractivity contribution in [1.29, 1.82) is 0 Å². The van der Waals surface area contributed by atoms with Crippen LogP contribution in [-0.2, 0) is 21.4 Å². The van der Waals surface area contributed by atoms with Crippen molar-refractivity contribution in [2.24, 2.45) is 5.92 Å². The average molecular weight is 328 g/mol. The highest BCUT2D eigenvalue weighted by molar-refractivity contribution is 7.91. The maximum atomic E-state index is 12.0. The van der Waals surface area contributed by atoms with Crippen LogP contribution >= 0.6 is 11.3 Å². The summed E-state index contributed by atoms with van der Waals surface area (Å²) in [5, 5.41) is 2.85. The van der Waals surface area contributed by atoms with E-state index in [1.807, 2.05) is 0 Å². The lowest BCUT2D eigenvalue weighted by Gasteiger charge is -2.09. The van der Waals surface area contributed by atoms with Crippen molar-refractivity contribution in [3.8, 4) is 0 Å². The van der Waals surface area contributed by atoms with Gasteiger partial charge in [0, 0.05) is 25.4 Å². The molecule has 0 radical (unpaired) electrons. The lowest BCUT2D eigenvalue weighted by Crippen LogP contribution is -2.24. The first-order valence-corrected chi connectivity index (χ1v) is 9.10. The van der Waals surface area contributed by atoms with Gasteiger partial charge in [-0.2, -0.15) is 0 Å².